The maximum atomic E-state index is 12.8. The number of rotatable bonds is 4. The molecule has 0 N–H and O–H groups in total. The number of nitrogens with zero attached hydrogens (tertiary/aromatic N) is 5. The minimum absolute atomic E-state index is 0.0271. The third kappa shape index (κ3) is 3.47. The van der Waals surface area contributed by atoms with Gasteiger partial charge in [0.1, 0.15) is 6.54 Å². The Balaban J connectivity index is 1.22. The molecule has 0 unspecified atom stereocenters. The molecule has 3 heterocycles. The van der Waals surface area contributed by atoms with Crippen LogP contribution in [0.4, 0.5) is 0 Å². The second-order valence-electron chi connectivity index (χ2n) is 7.90. The van der Waals surface area contributed by atoms with Crippen molar-refractivity contribution in [2.45, 2.75) is 25.9 Å². The van der Waals surface area contributed by atoms with Crippen LogP contribution in [0, 0.1) is 5.92 Å². The summed E-state index contributed by atoms with van der Waals surface area (Å²) in [7, 11) is 0. The van der Waals surface area contributed by atoms with Crippen LogP contribution in [0.15, 0.2) is 66.0 Å². The highest BCUT2D eigenvalue weighted by Gasteiger charge is 2.24. The zero-order chi connectivity index (χ0) is 20.5. The predicted octanol–water partition coefficient (Wildman–Crippen LogP) is 2.69. The van der Waals surface area contributed by atoms with Gasteiger partial charge in [0.05, 0.1) is 34.6 Å². The second kappa shape index (κ2) is 7.74. The number of hydrogen-bond donors (Lipinski definition) is 0. The van der Waals surface area contributed by atoms with Gasteiger partial charge in [0.25, 0.3) is 5.56 Å². The summed E-state index contributed by atoms with van der Waals surface area (Å²) in [5.74, 6) is 0.484. The first kappa shape index (κ1) is 18.5. The van der Waals surface area contributed by atoms with Gasteiger partial charge in [-0.15, -0.1) is 0 Å². The van der Waals surface area contributed by atoms with Crippen LogP contribution in [-0.4, -0.2) is 43.0 Å². The van der Waals surface area contributed by atoms with Gasteiger partial charge in [-0.1, -0.05) is 24.3 Å². The van der Waals surface area contributed by atoms with Gasteiger partial charge >= 0.3 is 0 Å². The number of likely N-dealkylation sites (tertiary alicyclic amines) is 1. The third-order valence-corrected chi connectivity index (χ3v) is 5.99. The van der Waals surface area contributed by atoms with Crippen molar-refractivity contribution in [1.29, 1.82) is 0 Å². The van der Waals surface area contributed by atoms with Crippen molar-refractivity contribution in [1.82, 2.24) is 24.0 Å². The van der Waals surface area contributed by atoms with Gasteiger partial charge in [-0.05, 0) is 43.0 Å². The summed E-state index contributed by atoms with van der Waals surface area (Å²) in [5.41, 5.74) is 2.65. The van der Waals surface area contributed by atoms with E-state index in [0.717, 1.165) is 30.4 Å². The Kier molecular flexibility index (Phi) is 4.78. The molecule has 0 aliphatic carbocycles. The Bertz CT molecular complexity index is 1270. The van der Waals surface area contributed by atoms with E-state index in [-0.39, 0.29) is 18.0 Å². The molecule has 1 aliphatic rings. The zero-order valence-corrected chi connectivity index (χ0v) is 16.6. The lowest BCUT2D eigenvalue weighted by Crippen LogP contribution is -2.42. The molecule has 0 bridgehead atoms. The highest BCUT2D eigenvalue weighted by atomic mass is 16.2. The van der Waals surface area contributed by atoms with Gasteiger partial charge in [0.15, 0.2) is 0 Å². The van der Waals surface area contributed by atoms with Gasteiger partial charge in [-0.2, -0.15) is 0 Å². The quantitative estimate of drug-likeness (QED) is 0.527. The first-order valence-corrected chi connectivity index (χ1v) is 10.3. The summed E-state index contributed by atoms with van der Waals surface area (Å²) in [6.45, 7) is 2.38. The summed E-state index contributed by atoms with van der Waals surface area (Å²) in [5, 5.41) is 0.541. The van der Waals surface area contributed by atoms with Crippen LogP contribution in [0.3, 0.4) is 0 Å². The standard InChI is InChI=1S/C23H23N5O2/c29-22(14-28-16-24-19-6-2-1-5-18(19)23(28)30)26-11-9-17(10-12-26)13-27-15-25-20-7-3-4-8-21(20)27/h1-8,15-17H,9-14H2. The van der Waals surface area contributed by atoms with E-state index in [1.807, 2.05) is 41.6 Å². The van der Waals surface area contributed by atoms with Crippen molar-refractivity contribution in [3.63, 3.8) is 0 Å². The van der Waals surface area contributed by atoms with Crippen LogP contribution < -0.4 is 5.56 Å². The van der Waals surface area contributed by atoms with E-state index < -0.39 is 0 Å². The average Bonchev–Trinajstić information content (AvgIpc) is 3.19. The number of para-hydroxylation sites is 3. The van der Waals surface area contributed by atoms with Crippen LogP contribution in [0.2, 0.25) is 0 Å². The maximum absolute atomic E-state index is 12.8. The lowest BCUT2D eigenvalue weighted by molar-refractivity contribution is -0.133. The Hall–Kier alpha value is -3.48. The van der Waals surface area contributed by atoms with Crippen molar-refractivity contribution >= 4 is 27.8 Å². The molecular formula is C23H23N5O2. The molecule has 0 radical (unpaired) electrons. The molecule has 2 aromatic heterocycles. The molecule has 7 heteroatoms. The van der Waals surface area contributed by atoms with E-state index in [2.05, 4.69) is 20.6 Å². The molecule has 7 nitrogen and oxygen atoms in total. The SMILES string of the molecule is O=C(Cn1cnc2ccccc2c1=O)N1CCC(Cn2cnc3ccccc32)CC1. The van der Waals surface area contributed by atoms with E-state index in [1.165, 1.54) is 10.9 Å². The van der Waals surface area contributed by atoms with E-state index >= 15 is 0 Å². The number of fused-ring (bicyclic) bond motifs is 2. The molecule has 1 fully saturated rings. The molecule has 2 aromatic carbocycles. The van der Waals surface area contributed by atoms with Crippen LogP contribution in [-0.2, 0) is 17.9 Å². The summed E-state index contributed by atoms with van der Waals surface area (Å²) >= 11 is 0. The monoisotopic (exact) mass is 401 g/mol. The third-order valence-electron chi connectivity index (χ3n) is 5.99. The Morgan fingerprint density at radius 3 is 2.40 bits per heavy atom. The van der Waals surface area contributed by atoms with Gasteiger partial charge in [-0.25, -0.2) is 9.97 Å². The summed E-state index contributed by atoms with van der Waals surface area (Å²) in [6, 6.07) is 15.4. The first-order valence-electron chi connectivity index (χ1n) is 10.3. The van der Waals surface area contributed by atoms with E-state index in [4.69, 9.17) is 0 Å². The van der Waals surface area contributed by atoms with Crippen molar-refractivity contribution in [2.75, 3.05) is 13.1 Å². The van der Waals surface area contributed by atoms with Crippen LogP contribution in [0.1, 0.15) is 12.8 Å². The molecule has 4 aromatic rings. The highest BCUT2D eigenvalue weighted by molar-refractivity contribution is 5.79. The van der Waals surface area contributed by atoms with Gasteiger partial charge < -0.3 is 9.47 Å². The van der Waals surface area contributed by atoms with Crippen LogP contribution in [0.5, 0.6) is 0 Å². The summed E-state index contributed by atoms with van der Waals surface area (Å²) in [4.78, 5) is 36.0. The highest BCUT2D eigenvalue weighted by Crippen LogP contribution is 2.22. The molecule has 0 saturated carbocycles. The normalized spacial score (nSPS) is 15.1. The number of aromatic nitrogens is 4. The minimum atomic E-state index is -0.171. The summed E-state index contributed by atoms with van der Waals surface area (Å²) < 4.78 is 3.62. The lowest BCUT2D eigenvalue weighted by atomic mass is 9.96. The maximum Gasteiger partial charge on any atom is 0.261 e. The molecule has 5 rings (SSSR count). The number of hydrogen-bond acceptors (Lipinski definition) is 4. The number of carbonyl (C=O) groups excluding carboxylic acids is 1. The van der Waals surface area contributed by atoms with Gasteiger partial charge in [0.2, 0.25) is 5.91 Å². The fourth-order valence-corrected chi connectivity index (χ4v) is 4.26. The molecule has 1 aliphatic heterocycles. The van der Waals surface area contributed by atoms with Crippen molar-refractivity contribution in [2.24, 2.45) is 5.92 Å². The van der Waals surface area contributed by atoms with E-state index in [0.29, 0.717) is 29.9 Å². The lowest BCUT2D eigenvalue weighted by Gasteiger charge is -2.32. The minimum Gasteiger partial charge on any atom is -0.341 e. The van der Waals surface area contributed by atoms with Crippen LogP contribution >= 0.6 is 0 Å². The number of amides is 1. The molecule has 0 atom stereocenters. The first-order chi connectivity index (χ1) is 14.7. The van der Waals surface area contributed by atoms with Crippen molar-refractivity contribution in [3.8, 4) is 0 Å². The Morgan fingerprint density at radius 1 is 0.900 bits per heavy atom. The molecular weight excluding hydrogens is 378 g/mol. The van der Waals surface area contributed by atoms with Crippen molar-refractivity contribution in [3.05, 3.63) is 71.5 Å². The molecule has 30 heavy (non-hydrogen) atoms. The average molecular weight is 401 g/mol. The van der Waals surface area contributed by atoms with Crippen molar-refractivity contribution < 1.29 is 4.79 Å². The van der Waals surface area contributed by atoms with Gasteiger partial charge in [-0.3, -0.25) is 14.2 Å². The number of imidazole rings is 1. The Morgan fingerprint density at radius 2 is 1.57 bits per heavy atom. The van der Waals surface area contributed by atoms with E-state index in [9.17, 15) is 9.59 Å². The number of benzene rings is 2. The van der Waals surface area contributed by atoms with E-state index in [1.54, 1.807) is 12.1 Å². The molecule has 1 saturated heterocycles. The van der Waals surface area contributed by atoms with Gasteiger partial charge in [0, 0.05) is 19.6 Å². The molecule has 152 valence electrons. The zero-order valence-electron chi connectivity index (χ0n) is 16.6. The fraction of sp³-hybridized carbons (Fsp3) is 0.304. The number of piperidine rings is 1. The molecule has 1 amide bonds. The summed E-state index contributed by atoms with van der Waals surface area (Å²) in [6.07, 6.45) is 5.27. The number of carbonyl (C=O) groups is 1. The fourth-order valence-electron chi connectivity index (χ4n) is 4.26. The molecule has 0 spiro atoms. The largest absolute Gasteiger partial charge is 0.341 e. The predicted molar refractivity (Wildman–Crippen MR) is 115 cm³/mol. The topological polar surface area (TPSA) is 73.0 Å². The smallest absolute Gasteiger partial charge is 0.261 e. The Labute approximate surface area is 173 Å². The van der Waals surface area contributed by atoms with Crippen LogP contribution in [0.25, 0.3) is 21.9 Å². The second-order valence-corrected chi connectivity index (χ2v) is 7.90.